The molecule has 1 amide bonds. The van der Waals surface area contributed by atoms with Gasteiger partial charge in [-0.2, -0.15) is 0 Å². The van der Waals surface area contributed by atoms with Crippen molar-refractivity contribution in [3.63, 3.8) is 0 Å². The molecule has 1 aliphatic rings. The van der Waals surface area contributed by atoms with Crippen LogP contribution in [-0.4, -0.2) is 22.6 Å². The quantitative estimate of drug-likeness (QED) is 0.823. The van der Waals surface area contributed by atoms with E-state index in [1.54, 1.807) is 0 Å². The maximum atomic E-state index is 12.3. The van der Waals surface area contributed by atoms with E-state index in [1.165, 1.54) is 6.42 Å². The number of carbonyl (C=O) groups excluding carboxylic acids is 1. The molecule has 0 bridgehead atoms. The number of hydrogen-bond donors (Lipinski definition) is 0. The molecular weight excluding hydrogens is 238 g/mol. The molecule has 1 aliphatic carbocycles. The van der Waals surface area contributed by atoms with Crippen LogP contribution in [0, 0.1) is 0 Å². The number of ether oxygens (including phenoxy) is 1. The number of benzene rings is 1. The molecule has 0 N–H and O–H groups in total. The largest absolute Gasteiger partial charge is 0.444 e. The van der Waals surface area contributed by atoms with Gasteiger partial charge < -0.3 is 9.64 Å². The van der Waals surface area contributed by atoms with Gasteiger partial charge in [0.2, 0.25) is 0 Å². The molecule has 0 saturated heterocycles. The van der Waals surface area contributed by atoms with Crippen LogP contribution in [0.3, 0.4) is 0 Å². The zero-order valence-corrected chi connectivity index (χ0v) is 12.1. The Morgan fingerprint density at radius 3 is 2.37 bits per heavy atom. The summed E-state index contributed by atoms with van der Waals surface area (Å²) in [6.45, 7) is 6.37. The molecule has 0 radical (unpaired) electrons. The van der Waals surface area contributed by atoms with E-state index in [1.807, 2.05) is 43.9 Å². The van der Waals surface area contributed by atoms with E-state index in [0.29, 0.717) is 12.6 Å². The lowest BCUT2D eigenvalue weighted by atomic mass is 9.91. The highest BCUT2D eigenvalue weighted by atomic mass is 16.6. The molecule has 0 spiro atoms. The molecule has 1 saturated carbocycles. The van der Waals surface area contributed by atoms with E-state index >= 15 is 0 Å². The zero-order valence-electron chi connectivity index (χ0n) is 12.1. The van der Waals surface area contributed by atoms with Crippen molar-refractivity contribution in [2.45, 2.75) is 58.2 Å². The maximum Gasteiger partial charge on any atom is 0.410 e. The third-order valence-electron chi connectivity index (χ3n) is 3.34. The van der Waals surface area contributed by atoms with Crippen LogP contribution in [0.1, 0.15) is 45.6 Å². The fourth-order valence-corrected chi connectivity index (χ4v) is 2.14. The van der Waals surface area contributed by atoms with Crippen LogP contribution >= 0.6 is 0 Å². The first kappa shape index (κ1) is 13.9. The third-order valence-corrected chi connectivity index (χ3v) is 3.34. The first-order valence-electron chi connectivity index (χ1n) is 6.99. The monoisotopic (exact) mass is 261 g/mol. The van der Waals surface area contributed by atoms with Gasteiger partial charge in [0.15, 0.2) is 0 Å². The summed E-state index contributed by atoms with van der Waals surface area (Å²) in [7, 11) is 0. The molecule has 0 atom stereocenters. The molecular formula is C16H23NO2. The Labute approximate surface area is 115 Å². The number of rotatable bonds is 3. The van der Waals surface area contributed by atoms with Crippen LogP contribution in [0.5, 0.6) is 0 Å². The number of hydrogen-bond acceptors (Lipinski definition) is 2. The topological polar surface area (TPSA) is 29.5 Å². The predicted molar refractivity (Wildman–Crippen MR) is 75.9 cm³/mol. The van der Waals surface area contributed by atoms with Crippen molar-refractivity contribution >= 4 is 6.09 Å². The molecule has 0 unspecified atom stereocenters. The first-order chi connectivity index (χ1) is 8.96. The smallest absolute Gasteiger partial charge is 0.410 e. The summed E-state index contributed by atoms with van der Waals surface area (Å²) in [4.78, 5) is 14.2. The van der Waals surface area contributed by atoms with Gasteiger partial charge in [0.1, 0.15) is 5.60 Å². The lowest BCUT2D eigenvalue weighted by molar-refractivity contribution is 0.00461. The summed E-state index contributed by atoms with van der Waals surface area (Å²) in [6.07, 6.45) is 3.19. The fourth-order valence-electron chi connectivity index (χ4n) is 2.14. The lowest BCUT2D eigenvalue weighted by Crippen LogP contribution is -2.46. The number of nitrogens with zero attached hydrogens (tertiary/aromatic N) is 1. The third kappa shape index (κ3) is 3.98. The molecule has 0 aromatic heterocycles. The number of amides is 1. The van der Waals surface area contributed by atoms with E-state index < -0.39 is 5.60 Å². The summed E-state index contributed by atoms with van der Waals surface area (Å²) in [5.41, 5.74) is 0.718. The van der Waals surface area contributed by atoms with Gasteiger partial charge in [0.25, 0.3) is 0 Å². The van der Waals surface area contributed by atoms with Crippen molar-refractivity contribution in [2.75, 3.05) is 0 Å². The average molecular weight is 261 g/mol. The molecule has 1 fully saturated rings. The average Bonchev–Trinajstić information content (AvgIpc) is 2.25. The standard InChI is InChI=1S/C16H23NO2/c1-16(2,3)19-15(18)17(14-10-7-11-14)12-13-8-5-4-6-9-13/h4-6,8-9,14H,7,10-12H2,1-3H3. The van der Waals surface area contributed by atoms with Crippen LogP contribution in [0.2, 0.25) is 0 Å². The first-order valence-corrected chi connectivity index (χ1v) is 6.99. The molecule has 2 rings (SSSR count). The van der Waals surface area contributed by atoms with Gasteiger partial charge in [-0.1, -0.05) is 30.3 Å². The predicted octanol–water partition coefficient (Wildman–Crippen LogP) is 3.98. The van der Waals surface area contributed by atoms with Gasteiger partial charge in [-0.05, 0) is 45.6 Å². The molecule has 104 valence electrons. The lowest BCUT2D eigenvalue weighted by Gasteiger charge is -2.38. The van der Waals surface area contributed by atoms with Gasteiger partial charge in [0.05, 0.1) is 0 Å². The van der Waals surface area contributed by atoms with Crippen LogP contribution < -0.4 is 0 Å². The van der Waals surface area contributed by atoms with Crippen LogP contribution in [0.15, 0.2) is 30.3 Å². The Kier molecular flexibility index (Phi) is 4.13. The normalized spacial score (nSPS) is 15.7. The molecule has 19 heavy (non-hydrogen) atoms. The van der Waals surface area contributed by atoms with Crippen molar-refractivity contribution in [3.05, 3.63) is 35.9 Å². The van der Waals surface area contributed by atoms with E-state index in [0.717, 1.165) is 18.4 Å². The summed E-state index contributed by atoms with van der Waals surface area (Å²) in [5, 5.41) is 0. The van der Waals surface area contributed by atoms with Crippen molar-refractivity contribution < 1.29 is 9.53 Å². The summed E-state index contributed by atoms with van der Waals surface area (Å²) < 4.78 is 5.52. The fraction of sp³-hybridized carbons (Fsp3) is 0.562. The highest BCUT2D eigenvalue weighted by Crippen LogP contribution is 2.27. The minimum atomic E-state index is -0.435. The maximum absolute atomic E-state index is 12.3. The highest BCUT2D eigenvalue weighted by molar-refractivity contribution is 5.68. The SMILES string of the molecule is CC(C)(C)OC(=O)N(Cc1ccccc1)C1CCC1. The van der Waals surface area contributed by atoms with E-state index in [2.05, 4.69) is 12.1 Å². The minimum absolute atomic E-state index is 0.193. The second kappa shape index (κ2) is 5.64. The molecule has 0 heterocycles. The minimum Gasteiger partial charge on any atom is -0.444 e. The second-order valence-corrected chi connectivity index (χ2v) is 6.18. The van der Waals surface area contributed by atoms with Gasteiger partial charge in [-0.3, -0.25) is 0 Å². The van der Waals surface area contributed by atoms with Crippen molar-refractivity contribution in [1.29, 1.82) is 0 Å². The van der Waals surface area contributed by atoms with Gasteiger partial charge >= 0.3 is 6.09 Å². The Balaban J connectivity index is 2.06. The van der Waals surface area contributed by atoms with Crippen molar-refractivity contribution in [1.82, 2.24) is 4.90 Å². The van der Waals surface area contributed by atoms with Gasteiger partial charge in [-0.15, -0.1) is 0 Å². The van der Waals surface area contributed by atoms with Gasteiger partial charge in [0, 0.05) is 12.6 Å². The summed E-state index contributed by atoms with van der Waals surface area (Å²) in [6, 6.07) is 10.4. The zero-order chi connectivity index (χ0) is 13.9. The Morgan fingerprint density at radius 2 is 1.89 bits per heavy atom. The van der Waals surface area contributed by atoms with E-state index in [-0.39, 0.29) is 6.09 Å². The van der Waals surface area contributed by atoms with Crippen molar-refractivity contribution in [3.8, 4) is 0 Å². The molecule has 1 aromatic rings. The summed E-state index contributed by atoms with van der Waals surface area (Å²) in [5.74, 6) is 0. The van der Waals surface area contributed by atoms with E-state index in [4.69, 9.17) is 4.74 Å². The highest BCUT2D eigenvalue weighted by Gasteiger charge is 2.31. The molecule has 3 nitrogen and oxygen atoms in total. The van der Waals surface area contributed by atoms with E-state index in [9.17, 15) is 4.79 Å². The molecule has 0 aliphatic heterocycles. The van der Waals surface area contributed by atoms with Crippen molar-refractivity contribution in [2.24, 2.45) is 0 Å². The Bertz CT molecular complexity index is 418. The van der Waals surface area contributed by atoms with Crippen LogP contribution in [-0.2, 0) is 11.3 Å². The van der Waals surface area contributed by atoms with Gasteiger partial charge in [-0.25, -0.2) is 4.79 Å². The van der Waals surface area contributed by atoms with Crippen LogP contribution in [0.4, 0.5) is 4.79 Å². The van der Waals surface area contributed by atoms with Crippen LogP contribution in [0.25, 0.3) is 0 Å². The Hall–Kier alpha value is -1.51. The second-order valence-electron chi connectivity index (χ2n) is 6.18. The molecule has 1 aromatic carbocycles. The Morgan fingerprint density at radius 1 is 1.26 bits per heavy atom. The summed E-state index contributed by atoms with van der Waals surface area (Å²) >= 11 is 0. The molecule has 3 heteroatoms. The number of carbonyl (C=O) groups is 1.